The number of nitrogens with one attached hydrogen (secondary N) is 1. The van der Waals surface area contributed by atoms with Crippen molar-refractivity contribution in [3.8, 4) is 0 Å². The molecule has 0 aromatic rings. The summed E-state index contributed by atoms with van der Waals surface area (Å²) in [6.07, 6.45) is 97.8. The summed E-state index contributed by atoms with van der Waals surface area (Å²) in [5, 5.41) is 23.3. The highest BCUT2D eigenvalue weighted by atomic mass is 16.5. The Kier molecular flexibility index (Phi) is 72.4. The number of hydrogen-bond donors (Lipinski definition) is 3. The molecule has 0 aliphatic heterocycles. The fraction of sp³-hybridized carbons (Fsp3) is 0.873. The Labute approximate surface area is 531 Å². The summed E-state index contributed by atoms with van der Waals surface area (Å²) in [6, 6.07) is -0.628. The summed E-state index contributed by atoms with van der Waals surface area (Å²) >= 11 is 0. The number of aliphatic hydroxyl groups is 2. The van der Waals surface area contributed by atoms with Crippen molar-refractivity contribution in [2.45, 2.75) is 431 Å². The summed E-state index contributed by atoms with van der Waals surface area (Å²) in [5.74, 6) is -0.0530. The van der Waals surface area contributed by atoms with Crippen LogP contribution in [0.4, 0.5) is 0 Å². The first kappa shape index (κ1) is 82.8. The van der Waals surface area contributed by atoms with Crippen molar-refractivity contribution in [1.29, 1.82) is 0 Å². The van der Waals surface area contributed by atoms with E-state index in [1.54, 1.807) is 6.08 Å². The second-order valence-electron chi connectivity index (χ2n) is 26.3. The Balaban J connectivity index is 3.39. The van der Waals surface area contributed by atoms with Crippen LogP contribution >= 0.6 is 0 Å². The van der Waals surface area contributed by atoms with E-state index in [4.69, 9.17) is 4.74 Å². The van der Waals surface area contributed by atoms with Gasteiger partial charge in [0.1, 0.15) is 0 Å². The highest BCUT2D eigenvalue weighted by Crippen LogP contribution is 2.19. The summed E-state index contributed by atoms with van der Waals surface area (Å²) in [5.41, 5.74) is 0. The average Bonchev–Trinajstić information content (AvgIpc) is 3.51. The van der Waals surface area contributed by atoms with E-state index < -0.39 is 12.1 Å². The molecule has 0 rings (SSSR count). The smallest absolute Gasteiger partial charge is 0.305 e. The second kappa shape index (κ2) is 74.3. The first-order chi connectivity index (χ1) is 42.0. The summed E-state index contributed by atoms with van der Waals surface area (Å²) in [4.78, 5) is 24.6. The number of aliphatic hydroxyl groups excluding tert-OH is 2. The molecule has 0 spiro atoms. The molecule has 3 N–H and O–H groups in total. The van der Waals surface area contributed by atoms with Gasteiger partial charge in [0.2, 0.25) is 5.91 Å². The van der Waals surface area contributed by atoms with Crippen LogP contribution in [0, 0.1) is 0 Å². The summed E-state index contributed by atoms with van der Waals surface area (Å²) in [7, 11) is 0. The van der Waals surface area contributed by atoms with E-state index in [0.717, 1.165) is 51.4 Å². The van der Waals surface area contributed by atoms with Crippen molar-refractivity contribution in [2.75, 3.05) is 13.2 Å². The number of allylic oxidation sites excluding steroid dienone is 7. The number of amides is 1. The first-order valence-corrected chi connectivity index (χ1v) is 38.4. The van der Waals surface area contributed by atoms with Crippen LogP contribution < -0.4 is 5.32 Å². The molecule has 85 heavy (non-hydrogen) atoms. The quantitative estimate of drug-likeness (QED) is 0.0320. The zero-order valence-corrected chi connectivity index (χ0v) is 57.4. The lowest BCUT2D eigenvalue weighted by Crippen LogP contribution is -2.45. The van der Waals surface area contributed by atoms with Gasteiger partial charge in [0.15, 0.2) is 0 Å². The van der Waals surface area contributed by atoms with Gasteiger partial charge in [-0.05, 0) is 89.9 Å². The van der Waals surface area contributed by atoms with Crippen LogP contribution in [0.2, 0.25) is 0 Å². The van der Waals surface area contributed by atoms with Crippen molar-refractivity contribution < 1.29 is 24.5 Å². The molecule has 0 bridgehead atoms. The zero-order chi connectivity index (χ0) is 61.3. The highest BCUT2D eigenvalue weighted by molar-refractivity contribution is 5.76. The van der Waals surface area contributed by atoms with Crippen LogP contribution in [0.25, 0.3) is 0 Å². The zero-order valence-electron chi connectivity index (χ0n) is 57.4. The Hall–Kier alpha value is -2.18. The van der Waals surface area contributed by atoms with Crippen LogP contribution in [0.15, 0.2) is 48.6 Å². The minimum atomic E-state index is -0.845. The monoisotopic (exact) mass is 1190 g/mol. The summed E-state index contributed by atoms with van der Waals surface area (Å²) in [6.45, 7) is 4.92. The molecule has 0 radical (unpaired) electrons. The van der Waals surface area contributed by atoms with E-state index in [1.165, 1.54) is 340 Å². The summed E-state index contributed by atoms with van der Waals surface area (Å²) < 4.78 is 5.50. The lowest BCUT2D eigenvalue weighted by molar-refractivity contribution is -0.143. The highest BCUT2D eigenvalue weighted by Gasteiger charge is 2.18. The van der Waals surface area contributed by atoms with Gasteiger partial charge in [-0.1, -0.05) is 364 Å². The van der Waals surface area contributed by atoms with Crippen LogP contribution in [-0.2, 0) is 14.3 Å². The normalized spacial score (nSPS) is 12.8. The fourth-order valence-corrected chi connectivity index (χ4v) is 12.0. The molecule has 0 heterocycles. The van der Waals surface area contributed by atoms with Crippen LogP contribution in [0.5, 0.6) is 0 Å². The predicted octanol–water partition coefficient (Wildman–Crippen LogP) is 25.2. The molecule has 6 nitrogen and oxygen atoms in total. The fourth-order valence-electron chi connectivity index (χ4n) is 12.0. The van der Waals surface area contributed by atoms with Gasteiger partial charge < -0.3 is 20.3 Å². The number of ether oxygens (including phenoxy) is 1. The predicted molar refractivity (Wildman–Crippen MR) is 375 cm³/mol. The molecule has 0 saturated carbocycles. The standard InChI is InChI=1S/C79H149NO5/c1-3-5-7-9-11-13-15-17-19-21-23-36-39-43-47-51-55-59-63-67-71-77(82)76(75-81)80-78(83)72-68-64-60-56-52-48-44-40-37-34-32-30-28-26-24-25-27-29-31-33-35-38-42-46-50-54-58-62-66-70-74-85-79(84)73-69-65-61-57-53-49-45-41-22-20-18-16-14-12-10-8-6-4-2/h14,16,20,22,25,27,67,71,76-77,81-82H,3-13,15,17-19,21,23-24,26,28-66,68-70,72-75H2,1-2H3,(H,80,83)/b16-14-,22-20-,27-25-,71-67+. The Morgan fingerprint density at radius 1 is 0.329 bits per heavy atom. The largest absolute Gasteiger partial charge is 0.466 e. The van der Waals surface area contributed by atoms with Gasteiger partial charge in [-0.3, -0.25) is 9.59 Å². The van der Waals surface area contributed by atoms with E-state index in [1.807, 2.05) is 6.08 Å². The van der Waals surface area contributed by atoms with Crippen LogP contribution in [0.3, 0.4) is 0 Å². The average molecular weight is 1190 g/mol. The Bertz CT molecular complexity index is 1420. The molecule has 0 fully saturated rings. The van der Waals surface area contributed by atoms with Gasteiger partial charge in [-0.2, -0.15) is 0 Å². The van der Waals surface area contributed by atoms with Gasteiger partial charge >= 0.3 is 5.97 Å². The van der Waals surface area contributed by atoms with E-state index in [9.17, 15) is 19.8 Å². The van der Waals surface area contributed by atoms with Gasteiger partial charge in [-0.15, -0.1) is 0 Å². The molecule has 2 atom stereocenters. The molecular weight excluding hydrogens is 1040 g/mol. The third-order valence-corrected chi connectivity index (χ3v) is 17.8. The molecule has 0 aromatic carbocycles. The minimum Gasteiger partial charge on any atom is -0.466 e. The topological polar surface area (TPSA) is 95.9 Å². The molecule has 1 amide bonds. The molecule has 0 saturated heterocycles. The number of carbonyl (C=O) groups excluding carboxylic acids is 2. The molecular formula is C79H149NO5. The Morgan fingerprint density at radius 2 is 0.588 bits per heavy atom. The van der Waals surface area contributed by atoms with Crippen molar-refractivity contribution >= 4 is 11.9 Å². The van der Waals surface area contributed by atoms with Crippen LogP contribution in [-0.4, -0.2) is 47.4 Å². The Morgan fingerprint density at radius 3 is 0.918 bits per heavy atom. The third kappa shape index (κ3) is 70.8. The second-order valence-corrected chi connectivity index (χ2v) is 26.3. The molecule has 0 aliphatic carbocycles. The van der Waals surface area contributed by atoms with Gasteiger partial charge in [-0.25, -0.2) is 0 Å². The molecule has 6 heteroatoms. The lowest BCUT2D eigenvalue weighted by Gasteiger charge is -2.20. The molecule has 500 valence electrons. The lowest BCUT2D eigenvalue weighted by atomic mass is 10.0. The molecule has 0 aromatic heterocycles. The maximum atomic E-state index is 12.5. The maximum absolute atomic E-state index is 12.5. The maximum Gasteiger partial charge on any atom is 0.305 e. The van der Waals surface area contributed by atoms with Crippen molar-refractivity contribution in [3.05, 3.63) is 48.6 Å². The van der Waals surface area contributed by atoms with E-state index in [2.05, 4.69) is 55.6 Å². The van der Waals surface area contributed by atoms with Crippen LogP contribution in [0.1, 0.15) is 418 Å². The van der Waals surface area contributed by atoms with Crippen molar-refractivity contribution in [1.82, 2.24) is 5.32 Å². The van der Waals surface area contributed by atoms with Gasteiger partial charge in [0.25, 0.3) is 0 Å². The van der Waals surface area contributed by atoms with E-state index >= 15 is 0 Å². The SMILES string of the molecule is CCCCCC/C=C\C/C=C\CCCCCCCCCC(=O)OCCCCCCCCCCCCCC/C=C\CCCCCCCCCCCCCCCCC(=O)NC(CO)C(O)/C=C/CCCCCCCCCCCCCCCCCCCC. The number of unbranched alkanes of at least 4 members (excludes halogenated alkanes) is 55. The molecule has 0 aliphatic rings. The molecule has 2 unspecified atom stereocenters. The number of carbonyl (C=O) groups is 2. The third-order valence-electron chi connectivity index (χ3n) is 17.8. The van der Waals surface area contributed by atoms with Gasteiger partial charge in [0.05, 0.1) is 25.4 Å². The van der Waals surface area contributed by atoms with Crippen molar-refractivity contribution in [3.63, 3.8) is 0 Å². The van der Waals surface area contributed by atoms with Crippen molar-refractivity contribution in [2.24, 2.45) is 0 Å². The van der Waals surface area contributed by atoms with E-state index in [-0.39, 0.29) is 18.5 Å². The number of rotatable bonds is 72. The number of esters is 1. The first-order valence-electron chi connectivity index (χ1n) is 38.4. The number of hydrogen-bond acceptors (Lipinski definition) is 5. The van der Waals surface area contributed by atoms with E-state index in [0.29, 0.717) is 19.4 Å². The minimum absolute atomic E-state index is 0.00987. The van der Waals surface area contributed by atoms with Gasteiger partial charge in [0, 0.05) is 12.8 Å².